The highest BCUT2D eigenvalue weighted by atomic mass is 16.5. The molecule has 1 N–H and O–H groups in total. The van der Waals surface area contributed by atoms with Crippen LogP contribution in [0.2, 0.25) is 0 Å². The second kappa shape index (κ2) is 6.86. The van der Waals surface area contributed by atoms with Crippen molar-refractivity contribution in [3.63, 3.8) is 0 Å². The number of nitriles is 1. The van der Waals surface area contributed by atoms with Crippen molar-refractivity contribution in [2.24, 2.45) is 5.92 Å². The van der Waals surface area contributed by atoms with E-state index in [1.807, 2.05) is 18.2 Å². The van der Waals surface area contributed by atoms with Crippen LogP contribution in [0.15, 0.2) is 24.3 Å². The number of nitrogens with zero attached hydrogens (tertiary/aromatic N) is 1. The molecular weight excluding hydrogens is 200 g/mol. The Hall–Kier alpha value is -1.53. The fraction of sp³-hybridized carbons (Fsp3) is 0.462. The molecule has 86 valence electrons. The molecule has 0 spiro atoms. The van der Waals surface area contributed by atoms with E-state index < -0.39 is 0 Å². The van der Waals surface area contributed by atoms with Gasteiger partial charge < -0.3 is 10.1 Å². The van der Waals surface area contributed by atoms with Crippen molar-refractivity contribution in [2.45, 2.75) is 13.8 Å². The molecule has 0 bridgehead atoms. The maximum atomic E-state index is 8.87. The maximum Gasteiger partial charge on any atom is 0.101 e. The van der Waals surface area contributed by atoms with Gasteiger partial charge >= 0.3 is 0 Å². The minimum atomic E-state index is 0.561. The molecule has 0 aliphatic carbocycles. The summed E-state index contributed by atoms with van der Waals surface area (Å²) in [6.45, 7) is 6.42. The van der Waals surface area contributed by atoms with Crippen LogP contribution in [0.4, 0.5) is 5.69 Å². The van der Waals surface area contributed by atoms with Gasteiger partial charge in [-0.2, -0.15) is 5.26 Å². The Balaban J connectivity index is 2.30. The second-order valence-electron chi connectivity index (χ2n) is 4.05. The van der Waals surface area contributed by atoms with Gasteiger partial charge in [0.25, 0.3) is 0 Å². The smallest absolute Gasteiger partial charge is 0.101 e. The van der Waals surface area contributed by atoms with E-state index in [1.54, 1.807) is 6.07 Å². The van der Waals surface area contributed by atoms with E-state index in [0.29, 0.717) is 18.1 Å². The Morgan fingerprint density at radius 1 is 1.38 bits per heavy atom. The fourth-order valence-electron chi connectivity index (χ4n) is 1.31. The van der Waals surface area contributed by atoms with Crippen LogP contribution >= 0.6 is 0 Å². The second-order valence-corrected chi connectivity index (χ2v) is 4.05. The summed E-state index contributed by atoms with van der Waals surface area (Å²) in [6, 6.07) is 9.63. The summed E-state index contributed by atoms with van der Waals surface area (Å²) in [5.74, 6) is 0.561. The predicted octanol–water partition coefficient (Wildman–Crippen LogP) is 2.64. The first-order valence-corrected chi connectivity index (χ1v) is 5.54. The topological polar surface area (TPSA) is 45.0 Å². The van der Waals surface area contributed by atoms with Crippen LogP contribution in [-0.4, -0.2) is 19.8 Å². The van der Waals surface area contributed by atoms with E-state index in [2.05, 4.69) is 25.2 Å². The number of para-hydroxylation sites is 1. The third kappa shape index (κ3) is 4.33. The molecule has 3 nitrogen and oxygen atoms in total. The van der Waals surface area contributed by atoms with Gasteiger partial charge in [-0.3, -0.25) is 0 Å². The van der Waals surface area contributed by atoms with Crippen LogP contribution in [0.3, 0.4) is 0 Å². The molecule has 1 rings (SSSR count). The highest BCUT2D eigenvalue weighted by molar-refractivity contribution is 5.56. The number of hydrogen-bond acceptors (Lipinski definition) is 3. The number of rotatable bonds is 6. The van der Waals surface area contributed by atoms with E-state index in [0.717, 1.165) is 18.8 Å². The first-order chi connectivity index (χ1) is 7.74. The molecule has 0 unspecified atom stereocenters. The van der Waals surface area contributed by atoms with Crippen LogP contribution in [0.1, 0.15) is 19.4 Å². The average Bonchev–Trinajstić information content (AvgIpc) is 2.29. The Morgan fingerprint density at radius 2 is 2.12 bits per heavy atom. The molecule has 16 heavy (non-hydrogen) atoms. The molecule has 0 aliphatic rings. The third-order valence-corrected chi connectivity index (χ3v) is 2.06. The zero-order chi connectivity index (χ0) is 11.8. The third-order valence-electron chi connectivity index (χ3n) is 2.06. The summed E-state index contributed by atoms with van der Waals surface area (Å²) < 4.78 is 5.44. The summed E-state index contributed by atoms with van der Waals surface area (Å²) >= 11 is 0. The highest BCUT2D eigenvalue weighted by Gasteiger charge is 1.99. The molecule has 0 aliphatic heterocycles. The van der Waals surface area contributed by atoms with Crippen LogP contribution in [0.5, 0.6) is 0 Å². The van der Waals surface area contributed by atoms with E-state index in [-0.39, 0.29) is 0 Å². The molecular formula is C13H18N2O. The summed E-state index contributed by atoms with van der Waals surface area (Å²) in [7, 11) is 0. The quantitative estimate of drug-likeness (QED) is 0.746. The van der Waals surface area contributed by atoms with E-state index in [9.17, 15) is 0 Å². The molecule has 0 fully saturated rings. The molecule has 0 radical (unpaired) electrons. The molecule has 1 aromatic rings. The molecule has 0 saturated carbocycles. The van der Waals surface area contributed by atoms with Gasteiger partial charge in [-0.15, -0.1) is 0 Å². The standard InChI is InChI=1S/C13H18N2O/c1-11(2)10-16-8-7-15-13-6-4-3-5-12(13)9-14/h3-6,11,15H,7-8,10H2,1-2H3. The minimum Gasteiger partial charge on any atom is -0.382 e. The van der Waals surface area contributed by atoms with E-state index >= 15 is 0 Å². The monoisotopic (exact) mass is 218 g/mol. The van der Waals surface area contributed by atoms with E-state index in [1.165, 1.54) is 0 Å². The summed E-state index contributed by atoms with van der Waals surface area (Å²) in [5.41, 5.74) is 1.55. The molecule has 0 saturated heterocycles. The number of nitrogens with one attached hydrogen (secondary N) is 1. The average molecular weight is 218 g/mol. The van der Waals surface area contributed by atoms with E-state index in [4.69, 9.17) is 10.00 Å². The normalized spacial score (nSPS) is 10.1. The van der Waals surface area contributed by atoms with Gasteiger partial charge in [-0.1, -0.05) is 26.0 Å². The van der Waals surface area contributed by atoms with Gasteiger partial charge in [0.2, 0.25) is 0 Å². The first-order valence-electron chi connectivity index (χ1n) is 5.54. The largest absolute Gasteiger partial charge is 0.382 e. The SMILES string of the molecule is CC(C)COCCNc1ccccc1C#N. The lowest BCUT2D eigenvalue weighted by molar-refractivity contribution is 0.118. The number of hydrogen-bond donors (Lipinski definition) is 1. The minimum absolute atomic E-state index is 0.561. The van der Waals surface area contributed by atoms with Crippen molar-refractivity contribution in [3.8, 4) is 6.07 Å². The number of benzene rings is 1. The Labute approximate surface area is 97.0 Å². The van der Waals surface area contributed by atoms with Crippen LogP contribution in [0.25, 0.3) is 0 Å². The molecule has 1 aromatic carbocycles. The van der Waals surface area contributed by atoms with Crippen LogP contribution in [0, 0.1) is 17.2 Å². The molecule has 0 amide bonds. The highest BCUT2D eigenvalue weighted by Crippen LogP contribution is 2.12. The Kier molecular flexibility index (Phi) is 5.38. The zero-order valence-electron chi connectivity index (χ0n) is 9.86. The lowest BCUT2D eigenvalue weighted by Crippen LogP contribution is -2.12. The van der Waals surface area contributed by atoms with Crippen LogP contribution < -0.4 is 5.32 Å². The lowest BCUT2D eigenvalue weighted by atomic mass is 10.2. The molecule has 0 atom stereocenters. The molecule has 0 heterocycles. The first kappa shape index (κ1) is 12.5. The lowest BCUT2D eigenvalue weighted by Gasteiger charge is -2.09. The van der Waals surface area contributed by atoms with Gasteiger partial charge in [-0.25, -0.2) is 0 Å². The predicted molar refractivity (Wildman–Crippen MR) is 65.3 cm³/mol. The molecule has 3 heteroatoms. The van der Waals surface area contributed by atoms with Crippen molar-refractivity contribution in [2.75, 3.05) is 25.1 Å². The van der Waals surface area contributed by atoms with Crippen molar-refractivity contribution in [1.29, 1.82) is 5.26 Å². The van der Waals surface area contributed by atoms with Gasteiger partial charge in [0.1, 0.15) is 6.07 Å². The van der Waals surface area contributed by atoms with Gasteiger partial charge in [0.15, 0.2) is 0 Å². The Morgan fingerprint density at radius 3 is 2.81 bits per heavy atom. The summed E-state index contributed by atoms with van der Waals surface area (Å²) in [6.07, 6.45) is 0. The maximum absolute atomic E-state index is 8.87. The van der Waals surface area contributed by atoms with Crippen molar-refractivity contribution in [3.05, 3.63) is 29.8 Å². The van der Waals surface area contributed by atoms with Crippen molar-refractivity contribution in [1.82, 2.24) is 0 Å². The van der Waals surface area contributed by atoms with Crippen molar-refractivity contribution < 1.29 is 4.74 Å². The van der Waals surface area contributed by atoms with Gasteiger partial charge in [-0.05, 0) is 18.1 Å². The van der Waals surface area contributed by atoms with Gasteiger partial charge in [0, 0.05) is 13.2 Å². The molecule has 0 aromatic heterocycles. The van der Waals surface area contributed by atoms with Crippen molar-refractivity contribution >= 4 is 5.69 Å². The fourth-order valence-corrected chi connectivity index (χ4v) is 1.31. The summed E-state index contributed by atoms with van der Waals surface area (Å²) in [5, 5.41) is 12.1. The summed E-state index contributed by atoms with van der Waals surface area (Å²) in [4.78, 5) is 0. The number of ether oxygens (including phenoxy) is 1. The van der Waals surface area contributed by atoms with Gasteiger partial charge in [0.05, 0.1) is 17.9 Å². The van der Waals surface area contributed by atoms with Crippen LogP contribution in [-0.2, 0) is 4.74 Å². The number of anilines is 1. The zero-order valence-corrected chi connectivity index (χ0v) is 9.86. The Bertz CT molecular complexity index is 355.